The van der Waals surface area contributed by atoms with Gasteiger partial charge in [-0.2, -0.15) is 0 Å². The number of aromatic amines is 1. The number of carbonyl (C=O) groups excluding carboxylic acids is 1. The Bertz CT molecular complexity index is 778. The molecule has 26 heavy (non-hydrogen) atoms. The zero-order valence-electron chi connectivity index (χ0n) is 15.7. The molecule has 8 nitrogen and oxygen atoms in total. The quantitative estimate of drug-likeness (QED) is 0.704. The van der Waals surface area contributed by atoms with Crippen LogP contribution in [0.1, 0.15) is 33.1 Å². The topological polar surface area (TPSA) is 110 Å². The van der Waals surface area contributed by atoms with Crippen LogP contribution in [0.4, 0.5) is 11.5 Å². The summed E-state index contributed by atoms with van der Waals surface area (Å²) in [5, 5.41) is 0. The van der Waals surface area contributed by atoms with E-state index in [1.807, 2.05) is 26.0 Å². The van der Waals surface area contributed by atoms with Crippen molar-refractivity contribution in [3.05, 3.63) is 33.0 Å². The third-order valence-corrected chi connectivity index (χ3v) is 4.44. The van der Waals surface area contributed by atoms with Gasteiger partial charge in [-0.1, -0.05) is 26.0 Å². The van der Waals surface area contributed by atoms with Crippen molar-refractivity contribution in [2.75, 3.05) is 30.9 Å². The van der Waals surface area contributed by atoms with Crippen LogP contribution in [0.25, 0.3) is 0 Å². The second-order valence-electron chi connectivity index (χ2n) is 6.96. The van der Waals surface area contributed by atoms with Crippen molar-refractivity contribution in [3.63, 3.8) is 0 Å². The Morgan fingerprint density at radius 1 is 1.42 bits per heavy atom. The van der Waals surface area contributed by atoms with Crippen LogP contribution in [0.2, 0.25) is 0 Å². The van der Waals surface area contributed by atoms with E-state index in [9.17, 15) is 14.4 Å². The molecule has 1 heterocycles. The summed E-state index contributed by atoms with van der Waals surface area (Å²) in [4.78, 5) is 41.4. The molecule has 1 aromatic heterocycles. The molecule has 1 aliphatic carbocycles. The Kier molecular flexibility index (Phi) is 6.79. The van der Waals surface area contributed by atoms with Gasteiger partial charge in [0.15, 0.2) is 5.69 Å². The molecule has 0 spiro atoms. The van der Waals surface area contributed by atoms with Crippen molar-refractivity contribution in [2.45, 2.75) is 39.7 Å². The zero-order valence-corrected chi connectivity index (χ0v) is 15.7. The highest BCUT2D eigenvalue weighted by atomic mass is 16.5. The van der Waals surface area contributed by atoms with Crippen molar-refractivity contribution in [3.8, 4) is 0 Å². The molecule has 0 bridgehead atoms. The van der Waals surface area contributed by atoms with E-state index in [-0.39, 0.29) is 42.4 Å². The van der Waals surface area contributed by atoms with Crippen molar-refractivity contribution >= 4 is 17.4 Å². The van der Waals surface area contributed by atoms with Crippen LogP contribution in [-0.2, 0) is 16.1 Å². The van der Waals surface area contributed by atoms with Crippen molar-refractivity contribution in [1.29, 1.82) is 0 Å². The third kappa shape index (κ3) is 4.43. The number of hydrogen-bond donors (Lipinski definition) is 2. The van der Waals surface area contributed by atoms with E-state index in [0.29, 0.717) is 13.0 Å². The SMILES string of the molecule is COCCN(C(=O)C1CC=CCC1)c1c(N)n(CC(C)C)c(=O)[nH]c1=O. The van der Waals surface area contributed by atoms with Crippen LogP contribution >= 0.6 is 0 Å². The number of methoxy groups -OCH3 is 1. The van der Waals surface area contributed by atoms with Crippen LogP contribution in [0.5, 0.6) is 0 Å². The van der Waals surface area contributed by atoms with Gasteiger partial charge in [0.2, 0.25) is 5.91 Å². The molecular weight excluding hydrogens is 336 g/mol. The van der Waals surface area contributed by atoms with Crippen LogP contribution in [0.3, 0.4) is 0 Å². The number of allylic oxidation sites excluding steroid dienone is 2. The number of amides is 1. The molecule has 1 aromatic rings. The summed E-state index contributed by atoms with van der Waals surface area (Å²) in [6, 6.07) is 0. The Morgan fingerprint density at radius 3 is 2.73 bits per heavy atom. The number of hydrogen-bond acceptors (Lipinski definition) is 5. The minimum Gasteiger partial charge on any atom is -0.383 e. The summed E-state index contributed by atoms with van der Waals surface area (Å²) >= 11 is 0. The molecule has 0 aromatic carbocycles. The van der Waals surface area contributed by atoms with Crippen LogP contribution in [-0.4, -0.2) is 35.7 Å². The maximum absolute atomic E-state index is 13.1. The van der Waals surface area contributed by atoms with Gasteiger partial charge in [-0.15, -0.1) is 0 Å². The Balaban J connectivity index is 2.50. The number of aromatic nitrogens is 2. The summed E-state index contributed by atoms with van der Waals surface area (Å²) in [5.74, 6) is -0.205. The number of nitrogens with zero attached hydrogens (tertiary/aromatic N) is 2. The van der Waals surface area contributed by atoms with E-state index < -0.39 is 11.2 Å². The van der Waals surface area contributed by atoms with Crippen molar-refractivity contribution in [2.24, 2.45) is 11.8 Å². The van der Waals surface area contributed by atoms with Gasteiger partial charge < -0.3 is 15.4 Å². The average molecular weight is 364 g/mol. The molecule has 1 atom stereocenters. The first-order chi connectivity index (χ1) is 12.4. The van der Waals surface area contributed by atoms with Crippen LogP contribution < -0.4 is 21.9 Å². The third-order valence-electron chi connectivity index (χ3n) is 4.44. The first-order valence-electron chi connectivity index (χ1n) is 8.94. The second kappa shape index (κ2) is 8.84. The van der Waals surface area contributed by atoms with E-state index in [1.54, 1.807) is 0 Å². The van der Waals surface area contributed by atoms with Crippen molar-refractivity contribution in [1.82, 2.24) is 9.55 Å². The molecule has 0 fully saturated rings. The lowest BCUT2D eigenvalue weighted by Crippen LogP contribution is -2.45. The predicted octanol–water partition coefficient (Wildman–Crippen LogP) is 1.11. The molecule has 1 unspecified atom stereocenters. The fourth-order valence-corrected chi connectivity index (χ4v) is 3.14. The Labute approximate surface area is 152 Å². The monoisotopic (exact) mass is 364 g/mol. The second-order valence-corrected chi connectivity index (χ2v) is 6.96. The lowest BCUT2D eigenvalue weighted by atomic mass is 9.93. The van der Waals surface area contributed by atoms with Gasteiger partial charge in [-0.3, -0.25) is 19.1 Å². The van der Waals surface area contributed by atoms with Gasteiger partial charge in [0.05, 0.1) is 6.61 Å². The standard InChI is InChI=1S/C18H28N4O4/c1-12(2)11-22-15(19)14(16(23)20-18(22)25)21(9-10-26-3)17(24)13-7-5-4-6-8-13/h4-5,12-13H,6-11,19H2,1-3H3,(H,20,23,25). The zero-order chi connectivity index (χ0) is 19.3. The molecule has 3 N–H and O–H groups in total. The summed E-state index contributed by atoms with van der Waals surface area (Å²) in [5.41, 5.74) is 4.98. The molecule has 0 saturated heterocycles. The molecule has 8 heteroatoms. The fraction of sp³-hybridized carbons (Fsp3) is 0.611. The van der Waals surface area contributed by atoms with E-state index >= 15 is 0 Å². The van der Waals surface area contributed by atoms with Crippen molar-refractivity contribution < 1.29 is 9.53 Å². The summed E-state index contributed by atoms with van der Waals surface area (Å²) in [6.07, 6.45) is 6.21. The molecule has 1 amide bonds. The van der Waals surface area contributed by atoms with E-state index in [1.165, 1.54) is 16.6 Å². The number of nitrogens with one attached hydrogen (secondary N) is 1. The smallest absolute Gasteiger partial charge is 0.330 e. The number of nitrogen functional groups attached to an aromatic ring is 1. The molecule has 144 valence electrons. The number of ether oxygens (including phenoxy) is 1. The number of H-pyrrole nitrogens is 1. The van der Waals surface area contributed by atoms with Gasteiger partial charge in [0.1, 0.15) is 5.82 Å². The van der Waals surface area contributed by atoms with E-state index in [0.717, 1.165) is 12.8 Å². The van der Waals surface area contributed by atoms with Gasteiger partial charge in [0.25, 0.3) is 5.56 Å². The lowest BCUT2D eigenvalue weighted by Gasteiger charge is -2.28. The summed E-state index contributed by atoms with van der Waals surface area (Å²) in [6.45, 7) is 4.70. The highest BCUT2D eigenvalue weighted by molar-refractivity contribution is 5.97. The highest BCUT2D eigenvalue weighted by Gasteiger charge is 2.29. The molecular formula is C18H28N4O4. The minimum atomic E-state index is -0.650. The molecule has 0 aliphatic heterocycles. The number of carbonyl (C=O) groups is 1. The number of anilines is 2. The Morgan fingerprint density at radius 2 is 2.15 bits per heavy atom. The average Bonchev–Trinajstić information content (AvgIpc) is 2.61. The largest absolute Gasteiger partial charge is 0.383 e. The highest BCUT2D eigenvalue weighted by Crippen LogP contribution is 2.25. The lowest BCUT2D eigenvalue weighted by molar-refractivity contribution is -0.122. The van der Waals surface area contributed by atoms with Gasteiger partial charge in [-0.25, -0.2) is 4.79 Å². The van der Waals surface area contributed by atoms with Gasteiger partial charge in [0, 0.05) is 26.1 Å². The molecule has 0 saturated carbocycles. The Hall–Kier alpha value is -2.35. The molecule has 0 radical (unpaired) electrons. The first kappa shape index (κ1) is 20.0. The van der Waals surface area contributed by atoms with E-state index in [4.69, 9.17) is 10.5 Å². The maximum atomic E-state index is 13.1. The molecule has 1 aliphatic rings. The molecule has 2 rings (SSSR count). The number of nitrogens with two attached hydrogens (primary N) is 1. The fourth-order valence-electron chi connectivity index (χ4n) is 3.14. The summed E-state index contributed by atoms with van der Waals surface area (Å²) in [7, 11) is 1.53. The number of rotatable bonds is 7. The van der Waals surface area contributed by atoms with Crippen LogP contribution in [0.15, 0.2) is 21.7 Å². The minimum absolute atomic E-state index is 0.0169. The summed E-state index contributed by atoms with van der Waals surface area (Å²) < 4.78 is 6.41. The normalized spacial score (nSPS) is 16.8. The van der Waals surface area contributed by atoms with Gasteiger partial charge >= 0.3 is 5.69 Å². The van der Waals surface area contributed by atoms with Crippen LogP contribution in [0, 0.1) is 11.8 Å². The maximum Gasteiger partial charge on any atom is 0.330 e. The van der Waals surface area contributed by atoms with Gasteiger partial charge in [-0.05, 0) is 25.2 Å². The predicted molar refractivity (Wildman–Crippen MR) is 101 cm³/mol. The first-order valence-corrected chi connectivity index (χ1v) is 8.94. The van der Waals surface area contributed by atoms with E-state index in [2.05, 4.69) is 4.98 Å².